The molecule has 11 heteroatoms. The zero-order valence-electron chi connectivity index (χ0n) is 16.7. The molecule has 8 nitrogen and oxygen atoms in total. The van der Waals surface area contributed by atoms with Gasteiger partial charge in [-0.15, -0.1) is 10.2 Å². The van der Waals surface area contributed by atoms with Gasteiger partial charge in [0.1, 0.15) is 18.8 Å². The van der Waals surface area contributed by atoms with E-state index in [1.54, 1.807) is 42.2 Å². The Labute approximate surface area is 187 Å². The standard InChI is InChI=1S/C20H19ClFN5O3S/c1-27-12-24-26-20(27)31-11-19(28)25-23-9-13-6-7-17(18(8-13)29-2)30-10-14-15(21)4-3-5-16(14)22/h3-9,12H,10-11H2,1-2H3,(H,25,28)/b23-9+. The molecule has 0 saturated heterocycles. The first kappa shape index (κ1) is 22.6. The second-order valence-corrected chi connectivity index (χ2v) is 7.56. The highest BCUT2D eigenvalue weighted by Crippen LogP contribution is 2.29. The predicted octanol–water partition coefficient (Wildman–Crippen LogP) is 3.44. The number of hydrogen-bond acceptors (Lipinski definition) is 7. The minimum atomic E-state index is -0.441. The number of carbonyl (C=O) groups is 1. The number of aryl methyl sites for hydroxylation is 1. The summed E-state index contributed by atoms with van der Waals surface area (Å²) in [6.07, 6.45) is 3.04. The Bertz CT molecular complexity index is 1070. The lowest BCUT2D eigenvalue weighted by Gasteiger charge is -2.12. The van der Waals surface area contributed by atoms with Gasteiger partial charge in [-0.2, -0.15) is 5.10 Å². The van der Waals surface area contributed by atoms with Gasteiger partial charge in [0.15, 0.2) is 16.7 Å². The van der Waals surface area contributed by atoms with Gasteiger partial charge in [-0.1, -0.05) is 29.4 Å². The van der Waals surface area contributed by atoms with Crippen molar-refractivity contribution in [3.8, 4) is 11.5 Å². The Morgan fingerprint density at radius 3 is 2.90 bits per heavy atom. The summed E-state index contributed by atoms with van der Waals surface area (Å²) in [5.74, 6) is 0.281. The van der Waals surface area contributed by atoms with Gasteiger partial charge in [-0.05, 0) is 35.9 Å². The molecule has 1 N–H and O–H groups in total. The molecule has 0 aliphatic carbocycles. The third-order valence-electron chi connectivity index (χ3n) is 4.03. The van der Waals surface area contributed by atoms with E-state index in [1.165, 1.54) is 37.2 Å². The highest BCUT2D eigenvalue weighted by molar-refractivity contribution is 7.99. The van der Waals surface area contributed by atoms with Gasteiger partial charge in [0.25, 0.3) is 5.91 Å². The molecule has 1 amide bonds. The molecule has 0 aliphatic rings. The minimum absolute atomic E-state index is 0.0471. The summed E-state index contributed by atoms with van der Waals surface area (Å²) in [5, 5.41) is 12.5. The molecule has 0 bridgehead atoms. The number of nitrogens with zero attached hydrogens (tertiary/aromatic N) is 4. The molecule has 0 atom stereocenters. The fourth-order valence-electron chi connectivity index (χ4n) is 2.45. The van der Waals surface area contributed by atoms with Crippen molar-refractivity contribution in [1.29, 1.82) is 0 Å². The summed E-state index contributed by atoms with van der Waals surface area (Å²) in [4.78, 5) is 11.9. The van der Waals surface area contributed by atoms with Crippen LogP contribution in [-0.4, -0.2) is 39.7 Å². The summed E-state index contributed by atoms with van der Waals surface area (Å²) in [6.45, 7) is -0.0471. The number of rotatable bonds is 9. The second-order valence-electron chi connectivity index (χ2n) is 6.21. The molecule has 0 radical (unpaired) electrons. The molecule has 3 rings (SSSR count). The van der Waals surface area contributed by atoms with Gasteiger partial charge < -0.3 is 14.0 Å². The number of hydrazone groups is 1. The molecule has 0 spiro atoms. The molecule has 1 aromatic heterocycles. The van der Waals surface area contributed by atoms with Crippen LogP contribution in [0.1, 0.15) is 11.1 Å². The number of thioether (sulfide) groups is 1. The summed E-state index contributed by atoms with van der Waals surface area (Å²) >= 11 is 7.28. The summed E-state index contributed by atoms with van der Waals surface area (Å²) in [7, 11) is 3.29. The van der Waals surface area contributed by atoms with Crippen molar-refractivity contribution in [2.45, 2.75) is 11.8 Å². The number of hydrogen-bond donors (Lipinski definition) is 1. The van der Waals surface area contributed by atoms with Gasteiger partial charge in [-0.3, -0.25) is 4.79 Å². The molecule has 1 heterocycles. The predicted molar refractivity (Wildman–Crippen MR) is 116 cm³/mol. The number of amides is 1. The average Bonchev–Trinajstić information content (AvgIpc) is 3.17. The normalized spacial score (nSPS) is 11.0. The van der Waals surface area contributed by atoms with E-state index in [0.29, 0.717) is 22.2 Å². The number of halogens is 2. The summed E-state index contributed by atoms with van der Waals surface area (Å²) < 4.78 is 26.6. The van der Waals surface area contributed by atoms with Crippen LogP contribution in [0.3, 0.4) is 0 Å². The van der Waals surface area contributed by atoms with E-state index >= 15 is 0 Å². The lowest BCUT2D eigenvalue weighted by Crippen LogP contribution is -2.19. The fraction of sp³-hybridized carbons (Fsp3) is 0.200. The maximum Gasteiger partial charge on any atom is 0.250 e. The van der Waals surface area contributed by atoms with Crippen molar-refractivity contribution in [2.75, 3.05) is 12.9 Å². The molecule has 0 unspecified atom stereocenters. The Hall–Kier alpha value is -3.11. The van der Waals surface area contributed by atoms with Gasteiger partial charge in [0.05, 0.1) is 24.1 Å². The van der Waals surface area contributed by atoms with Gasteiger partial charge in [0, 0.05) is 12.6 Å². The van der Waals surface area contributed by atoms with E-state index in [1.807, 2.05) is 0 Å². The fourth-order valence-corrected chi connectivity index (χ4v) is 3.35. The minimum Gasteiger partial charge on any atom is -0.493 e. The van der Waals surface area contributed by atoms with E-state index in [-0.39, 0.29) is 28.9 Å². The first-order chi connectivity index (χ1) is 15.0. The van der Waals surface area contributed by atoms with Crippen LogP contribution in [0.25, 0.3) is 0 Å². The van der Waals surface area contributed by atoms with Crippen molar-refractivity contribution < 1.29 is 18.7 Å². The van der Waals surface area contributed by atoms with Crippen molar-refractivity contribution in [1.82, 2.24) is 20.2 Å². The van der Waals surface area contributed by atoms with Gasteiger partial charge in [-0.25, -0.2) is 9.82 Å². The quantitative estimate of drug-likeness (QED) is 0.297. The monoisotopic (exact) mass is 463 g/mol. The third-order valence-corrected chi connectivity index (χ3v) is 5.41. The summed E-state index contributed by atoms with van der Waals surface area (Å²) in [5.41, 5.74) is 3.39. The zero-order chi connectivity index (χ0) is 22.2. The Balaban J connectivity index is 1.56. The van der Waals surface area contributed by atoms with Crippen LogP contribution >= 0.6 is 23.4 Å². The van der Waals surface area contributed by atoms with E-state index in [9.17, 15) is 9.18 Å². The highest BCUT2D eigenvalue weighted by atomic mass is 35.5. The smallest absolute Gasteiger partial charge is 0.250 e. The largest absolute Gasteiger partial charge is 0.493 e. The van der Waals surface area contributed by atoms with E-state index in [0.717, 1.165) is 0 Å². The number of nitrogens with one attached hydrogen (secondary N) is 1. The SMILES string of the molecule is COc1cc(/C=N/NC(=O)CSc2nncn2C)ccc1OCc1c(F)cccc1Cl. The number of carbonyl (C=O) groups excluding carboxylic acids is 1. The van der Waals surface area contributed by atoms with Crippen LogP contribution in [0.4, 0.5) is 4.39 Å². The van der Waals surface area contributed by atoms with Gasteiger partial charge >= 0.3 is 0 Å². The molecule has 162 valence electrons. The Morgan fingerprint density at radius 2 is 2.19 bits per heavy atom. The zero-order valence-corrected chi connectivity index (χ0v) is 18.3. The molecule has 2 aromatic carbocycles. The summed E-state index contributed by atoms with van der Waals surface area (Å²) in [6, 6.07) is 9.53. The first-order valence-electron chi connectivity index (χ1n) is 9.00. The second kappa shape index (κ2) is 10.8. The maximum atomic E-state index is 13.9. The molecule has 3 aromatic rings. The van der Waals surface area contributed by atoms with Crippen LogP contribution in [0.5, 0.6) is 11.5 Å². The van der Waals surface area contributed by atoms with Crippen molar-refractivity contribution in [3.05, 3.63) is 64.7 Å². The number of benzene rings is 2. The van der Waals surface area contributed by atoms with Crippen LogP contribution < -0.4 is 14.9 Å². The number of aromatic nitrogens is 3. The molecular weight excluding hydrogens is 445 g/mol. The van der Waals surface area contributed by atoms with Crippen molar-refractivity contribution >= 4 is 35.5 Å². The number of ether oxygens (including phenoxy) is 2. The van der Waals surface area contributed by atoms with Gasteiger partial charge in [0.2, 0.25) is 0 Å². The third kappa shape index (κ3) is 6.19. The first-order valence-corrected chi connectivity index (χ1v) is 10.4. The molecule has 31 heavy (non-hydrogen) atoms. The Kier molecular flexibility index (Phi) is 7.85. The molecule has 0 saturated carbocycles. The lowest BCUT2D eigenvalue weighted by molar-refractivity contribution is -0.118. The van der Waals surface area contributed by atoms with Crippen LogP contribution in [0.2, 0.25) is 5.02 Å². The van der Waals surface area contributed by atoms with Crippen LogP contribution in [0.15, 0.2) is 53.0 Å². The van der Waals surface area contributed by atoms with Crippen molar-refractivity contribution in [3.63, 3.8) is 0 Å². The molecular formula is C20H19ClFN5O3S. The highest BCUT2D eigenvalue weighted by Gasteiger charge is 2.11. The van der Waals surface area contributed by atoms with Crippen molar-refractivity contribution in [2.24, 2.45) is 12.1 Å². The van der Waals surface area contributed by atoms with Crippen LogP contribution in [0, 0.1) is 5.82 Å². The van der Waals surface area contributed by atoms with Crippen LogP contribution in [-0.2, 0) is 18.4 Å². The molecule has 0 fully saturated rings. The van der Waals surface area contributed by atoms with E-state index in [4.69, 9.17) is 21.1 Å². The maximum absolute atomic E-state index is 13.9. The Morgan fingerprint density at radius 1 is 1.35 bits per heavy atom. The van der Waals surface area contributed by atoms with E-state index in [2.05, 4.69) is 20.7 Å². The number of methoxy groups -OCH3 is 1. The lowest BCUT2D eigenvalue weighted by atomic mass is 10.2. The topological polar surface area (TPSA) is 90.6 Å². The average molecular weight is 464 g/mol. The van der Waals surface area contributed by atoms with E-state index < -0.39 is 5.82 Å². The molecule has 0 aliphatic heterocycles.